The number of H-pyrrole nitrogens is 1. The smallest absolute Gasteiger partial charge is 0.139 e. The normalized spacial score (nSPS) is 10.4. The molecule has 80 valence electrons. The summed E-state index contributed by atoms with van der Waals surface area (Å²) >= 11 is 1.39. The molecule has 0 aromatic carbocycles. The summed E-state index contributed by atoms with van der Waals surface area (Å²) in [5.74, 6) is 1.61. The molecule has 2 rings (SSSR count). The molecular formula is C9H13N5S. The van der Waals surface area contributed by atoms with E-state index >= 15 is 0 Å². The summed E-state index contributed by atoms with van der Waals surface area (Å²) in [4.78, 5) is 7.22. The summed E-state index contributed by atoms with van der Waals surface area (Å²) in [6.45, 7) is 0.905. The van der Waals surface area contributed by atoms with E-state index in [4.69, 9.17) is 5.73 Å². The number of nitrogens with zero attached hydrogens (tertiary/aromatic N) is 2. The summed E-state index contributed by atoms with van der Waals surface area (Å²) in [7, 11) is 0. The number of aromatic amines is 1. The standard InChI is InChI=1S/C9H13N5S/c10-7-6-9(15-14-7)13-3-1-2-8-11-4-5-12-8/h4-6,13H,1-3H2,(H2,10,14)(H,11,12). The third kappa shape index (κ3) is 2.95. The predicted octanol–water partition coefficient (Wildman–Crippen LogP) is 1.49. The molecule has 2 heterocycles. The number of nitrogens with two attached hydrogens (primary N) is 1. The van der Waals surface area contributed by atoms with Crippen LogP contribution in [0.1, 0.15) is 12.2 Å². The topological polar surface area (TPSA) is 79.6 Å². The second kappa shape index (κ2) is 4.79. The highest BCUT2D eigenvalue weighted by atomic mass is 32.1. The van der Waals surface area contributed by atoms with E-state index in [-0.39, 0.29) is 0 Å². The van der Waals surface area contributed by atoms with Gasteiger partial charge in [-0.15, -0.1) is 0 Å². The summed E-state index contributed by atoms with van der Waals surface area (Å²) in [6, 6.07) is 1.84. The molecule has 0 fully saturated rings. The zero-order chi connectivity index (χ0) is 10.5. The van der Waals surface area contributed by atoms with Crippen LogP contribution in [-0.2, 0) is 6.42 Å². The molecule has 0 amide bonds. The molecule has 0 aliphatic heterocycles. The van der Waals surface area contributed by atoms with E-state index in [2.05, 4.69) is 19.7 Å². The van der Waals surface area contributed by atoms with Crippen molar-refractivity contribution >= 4 is 22.4 Å². The molecular weight excluding hydrogens is 210 g/mol. The minimum absolute atomic E-state index is 0.577. The molecule has 4 N–H and O–H groups in total. The predicted molar refractivity (Wildman–Crippen MR) is 61.9 cm³/mol. The molecule has 0 unspecified atom stereocenters. The summed E-state index contributed by atoms with van der Waals surface area (Å²) in [5.41, 5.74) is 5.50. The van der Waals surface area contributed by atoms with Crippen molar-refractivity contribution in [1.29, 1.82) is 0 Å². The second-order valence-corrected chi connectivity index (χ2v) is 3.99. The molecule has 0 saturated carbocycles. The van der Waals surface area contributed by atoms with E-state index in [1.54, 1.807) is 6.20 Å². The van der Waals surface area contributed by atoms with Gasteiger partial charge in [0.2, 0.25) is 0 Å². The van der Waals surface area contributed by atoms with Crippen molar-refractivity contribution in [3.8, 4) is 0 Å². The Morgan fingerprint density at radius 2 is 2.47 bits per heavy atom. The lowest BCUT2D eigenvalue weighted by atomic mass is 10.3. The first kappa shape index (κ1) is 9.97. The number of nitrogen functional groups attached to an aromatic ring is 1. The van der Waals surface area contributed by atoms with Crippen molar-refractivity contribution < 1.29 is 0 Å². The van der Waals surface area contributed by atoms with E-state index < -0.39 is 0 Å². The van der Waals surface area contributed by atoms with Crippen molar-refractivity contribution in [2.24, 2.45) is 0 Å². The van der Waals surface area contributed by atoms with Gasteiger partial charge in [-0.2, -0.15) is 4.37 Å². The average molecular weight is 223 g/mol. The van der Waals surface area contributed by atoms with Gasteiger partial charge in [0.1, 0.15) is 16.6 Å². The van der Waals surface area contributed by atoms with Gasteiger partial charge in [-0.1, -0.05) is 0 Å². The molecule has 2 aromatic heterocycles. The molecule has 5 nitrogen and oxygen atoms in total. The van der Waals surface area contributed by atoms with Crippen LogP contribution in [-0.4, -0.2) is 20.9 Å². The van der Waals surface area contributed by atoms with Crippen LogP contribution in [0.2, 0.25) is 0 Å². The minimum Gasteiger partial charge on any atom is -0.383 e. The summed E-state index contributed by atoms with van der Waals surface area (Å²) in [6.07, 6.45) is 5.60. The number of hydrogen-bond acceptors (Lipinski definition) is 5. The fraction of sp³-hybridized carbons (Fsp3) is 0.333. The van der Waals surface area contributed by atoms with Gasteiger partial charge in [0.05, 0.1) is 0 Å². The van der Waals surface area contributed by atoms with Gasteiger partial charge in [0.25, 0.3) is 0 Å². The van der Waals surface area contributed by atoms with Crippen LogP contribution >= 0.6 is 11.5 Å². The number of nitrogens with one attached hydrogen (secondary N) is 2. The van der Waals surface area contributed by atoms with E-state index in [1.165, 1.54) is 11.5 Å². The highest BCUT2D eigenvalue weighted by molar-refractivity contribution is 7.10. The largest absolute Gasteiger partial charge is 0.383 e. The van der Waals surface area contributed by atoms with Crippen molar-refractivity contribution in [3.05, 3.63) is 24.3 Å². The van der Waals surface area contributed by atoms with Crippen LogP contribution in [0.25, 0.3) is 0 Å². The molecule has 15 heavy (non-hydrogen) atoms. The number of imidazole rings is 1. The van der Waals surface area contributed by atoms with Crippen LogP contribution in [0.3, 0.4) is 0 Å². The number of aromatic nitrogens is 3. The van der Waals surface area contributed by atoms with Crippen molar-refractivity contribution in [3.63, 3.8) is 0 Å². The monoisotopic (exact) mass is 223 g/mol. The minimum atomic E-state index is 0.577. The van der Waals surface area contributed by atoms with Gasteiger partial charge in [-0.3, -0.25) is 0 Å². The zero-order valence-electron chi connectivity index (χ0n) is 8.23. The fourth-order valence-corrected chi connectivity index (χ4v) is 1.87. The van der Waals surface area contributed by atoms with E-state index in [9.17, 15) is 0 Å². The number of hydrogen-bond donors (Lipinski definition) is 3. The molecule has 0 atom stereocenters. The third-order valence-electron chi connectivity index (χ3n) is 1.97. The Hall–Kier alpha value is -1.56. The van der Waals surface area contributed by atoms with Gasteiger partial charge in [-0.25, -0.2) is 4.98 Å². The first-order valence-corrected chi connectivity index (χ1v) is 5.56. The zero-order valence-corrected chi connectivity index (χ0v) is 9.05. The Balaban J connectivity index is 1.67. The maximum atomic E-state index is 5.50. The van der Waals surface area contributed by atoms with E-state index in [1.807, 2.05) is 12.3 Å². The molecule has 0 aliphatic rings. The third-order valence-corrected chi connectivity index (χ3v) is 2.73. The van der Waals surface area contributed by atoms with Crippen molar-refractivity contribution in [1.82, 2.24) is 14.3 Å². The van der Waals surface area contributed by atoms with Crippen molar-refractivity contribution in [2.75, 3.05) is 17.6 Å². The van der Waals surface area contributed by atoms with Gasteiger partial charge in [-0.05, 0) is 18.0 Å². The number of rotatable bonds is 5. The lowest BCUT2D eigenvalue weighted by Crippen LogP contribution is -2.02. The highest BCUT2D eigenvalue weighted by Gasteiger charge is 1.98. The van der Waals surface area contributed by atoms with E-state index in [0.29, 0.717) is 5.82 Å². The number of anilines is 2. The van der Waals surface area contributed by atoms with Gasteiger partial charge in [0.15, 0.2) is 0 Å². The van der Waals surface area contributed by atoms with Crippen LogP contribution in [0.4, 0.5) is 10.8 Å². The van der Waals surface area contributed by atoms with Crippen LogP contribution in [0.5, 0.6) is 0 Å². The molecule has 0 saturated heterocycles. The lowest BCUT2D eigenvalue weighted by Gasteiger charge is -2.00. The molecule has 2 aromatic rings. The van der Waals surface area contributed by atoms with Crippen LogP contribution in [0.15, 0.2) is 18.5 Å². The fourth-order valence-electron chi connectivity index (χ4n) is 1.27. The van der Waals surface area contributed by atoms with Crippen molar-refractivity contribution in [2.45, 2.75) is 12.8 Å². The SMILES string of the molecule is Nc1cc(NCCCc2ncc[nH]2)sn1. The van der Waals surface area contributed by atoms with Gasteiger partial charge in [0, 0.05) is 31.4 Å². The highest BCUT2D eigenvalue weighted by Crippen LogP contribution is 2.17. The molecule has 6 heteroatoms. The van der Waals surface area contributed by atoms with Gasteiger partial charge >= 0.3 is 0 Å². The van der Waals surface area contributed by atoms with Crippen LogP contribution < -0.4 is 11.1 Å². The number of aryl methyl sites for hydroxylation is 1. The Kier molecular flexibility index (Phi) is 3.18. The Morgan fingerprint density at radius 1 is 1.53 bits per heavy atom. The Bertz CT molecular complexity index is 394. The molecule has 0 spiro atoms. The van der Waals surface area contributed by atoms with Crippen LogP contribution in [0, 0.1) is 0 Å². The molecule has 0 radical (unpaired) electrons. The lowest BCUT2D eigenvalue weighted by molar-refractivity contribution is 0.818. The first-order valence-electron chi connectivity index (χ1n) is 4.79. The first-order chi connectivity index (χ1) is 7.34. The second-order valence-electron chi connectivity index (χ2n) is 3.18. The Labute approximate surface area is 91.9 Å². The summed E-state index contributed by atoms with van der Waals surface area (Å²) in [5, 5.41) is 4.28. The summed E-state index contributed by atoms with van der Waals surface area (Å²) < 4.78 is 3.98. The quantitative estimate of drug-likeness (QED) is 0.671. The Morgan fingerprint density at radius 3 is 3.13 bits per heavy atom. The average Bonchev–Trinajstić information content (AvgIpc) is 2.84. The molecule has 0 bridgehead atoms. The van der Waals surface area contributed by atoms with E-state index in [0.717, 1.165) is 30.2 Å². The maximum Gasteiger partial charge on any atom is 0.139 e. The maximum absolute atomic E-state index is 5.50. The molecule has 0 aliphatic carbocycles. The van der Waals surface area contributed by atoms with Gasteiger partial charge < -0.3 is 16.0 Å².